The van der Waals surface area contributed by atoms with Gasteiger partial charge in [-0.3, -0.25) is 0 Å². The Bertz CT molecular complexity index is 778. The van der Waals surface area contributed by atoms with Crippen molar-refractivity contribution in [2.24, 2.45) is 0 Å². The van der Waals surface area contributed by atoms with Crippen LogP contribution >= 0.6 is 0 Å². The molecule has 0 saturated heterocycles. The van der Waals surface area contributed by atoms with Gasteiger partial charge in [0.1, 0.15) is 5.75 Å². The fraction of sp³-hybridized carbons (Fsp3) is 0.316. The summed E-state index contributed by atoms with van der Waals surface area (Å²) in [4.78, 5) is 3.37. The Hall–Kier alpha value is -2.33. The number of aromatic nitrogens is 2. The number of para-hydroxylation sites is 2. The molecule has 4 nitrogen and oxygen atoms in total. The molecule has 120 valence electrons. The SMILES string of the molecule is CCC[n+]1c(C(O)c2ccc(OCC)cc2)[nH]c2ccccc21. The lowest BCUT2D eigenvalue weighted by molar-refractivity contribution is -0.681. The van der Waals surface area contributed by atoms with E-state index in [1.807, 2.05) is 49.4 Å². The largest absolute Gasteiger partial charge is 0.494 e. The van der Waals surface area contributed by atoms with Crippen LogP contribution in [0.4, 0.5) is 0 Å². The van der Waals surface area contributed by atoms with Gasteiger partial charge >= 0.3 is 0 Å². The predicted octanol–water partition coefficient (Wildman–Crippen LogP) is 3.35. The van der Waals surface area contributed by atoms with Crippen LogP contribution in [0.1, 0.15) is 37.8 Å². The molecule has 0 amide bonds. The number of aliphatic hydroxyl groups excluding tert-OH is 1. The van der Waals surface area contributed by atoms with Gasteiger partial charge < -0.3 is 9.84 Å². The molecule has 2 aromatic carbocycles. The summed E-state index contributed by atoms with van der Waals surface area (Å²) in [6, 6.07) is 15.8. The van der Waals surface area contributed by atoms with E-state index in [0.717, 1.165) is 41.1 Å². The minimum Gasteiger partial charge on any atom is -0.494 e. The van der Waals surface area contributed by atoms with Crippen LogP contribution in [0, 0.1) is 0 Å². The predicted molar refractivity (Wildman–Crippen MR) is 90.5 cm³/mol. The third-order valence-corrected chi connectivity index (χ3v) is 3.96. The molecule has 0 radical (unpaired) electrons. The van der Waals surface area contributed by atoms with Gasteiger partial charge in [0.25, 0.3) is 5.82 Å². The summed E-state index contributed by atoms with van der Waals surface area (Å²) in [6.45, 7) is 5.61. The number of nitrogens with one attached hydrogen (secondary N) is 1. The van der Waals surface area contributed by atoms with Crippen LogP contribution in [0.5, 0.6) is 5.75 Å². The highest BCUT2D eigenvalue weighted by molar-refractivity contribution is 5.71. The summed E-state index contributed by atoms with van der Waals surface area (Å²) in [5.41, 5.74) is 3.01. The summed E-state index contributed by atoms with van der Waals surface area (Å²) in [5.74, 6) is 1.64. The van der Waals surface area contributed by atoms with Crippen LogP contribution < -0.4 is 9.30 Å². The highest BCUT2D eigenvalue weighted by atomic mass is 16.5. The van der Waals surface area contributed by atoms with Crippen LogP contribution in [0.25, 0.3) is 11.0 Å². The maximum atomic E-state index is 10.8. The highest BCUT2D eigenvalue weighted by Gasteiger charge is 2.26. The van der Waals surface area contributed by atoms with Crippen LogP contribution in [-0.4, -0.2) is 16.7 Å². The zero-order valence-corrected chi connectivity index (χ0v) is 13.6. The monoisotopic (exact) mass is 311 g/mol. The lowest BCUT2D eigenvalue weighted by Gasteiger charge is -2.09. The van der Waals surface area contributed by atoms with Gasteiger partial charge in [-0.2, -0.15) is 0 Å². The number of imidazole rings is 1. The Kier molecular flexibility index (Phi) is 4.63. The molecule has 3 aromatic rings. The molecule has 0 aliphatic rings. The van der Waals surface area contributed by atoms with Crippen molar-refractivity contribution >= 4 is 11.0 Å². The Balaban J connectivity index is 1.99. The molecule has 0 saturated carbocycles. The zero-order chi connectivity index (χ0) is 16.2. The van der Waals surface area contributed by atoms with Crippen LogP contribution in [0.3, 0.4) is 0 Å². The van der Waals surface area contributed by atoms with Crippen molar-refractivity contribution in [3.05, 3.63) is 59.9 Å². The van der Waals surface area contributed by atoms with E-state index in [9.17, 15) is 5.11 Å². The number of aromatic amines is 1. The number of aliphatic hydroxyl groups is 1. The van der Waals surface area contributed by atoms with Crippen molar-refractivity contribution in [2.45, 2.75) is 32.9 Å². The molecule has 0 spiro atoms. The molecule has 23 heavy (non-hydrogen) atoms. The summed E-state index contributed by atoms with van der Waals surface area (Å²) in [6.07, 6.45) is 0.319. The molecule has 0 aliphatic carbocycles. The maximum Gasteiger partial charge on any atom is 0.289 e. The van der Waals surface area contributed by atoms with Gasteiger partial charge in [-0.25, -0.2) is 9.55 Å². The van der Waals surface area contributed by atoms with Crippen LogP contribution in [0.2, 0.25) is 0 Å². The van der Waals surface area contributed by atoms with E-state index >= 15 is 0 Å². The van der Waals surface area contributed by atoms with Crippen molar-refractivity contribution in [3.63, 3.8) is 0 Å². The molecule has 1 heterocycles. The Labute approximate surface area is 136 Å². The number of rotatable bonds is 6. The minimum absolute atomic E-state index is 0.639. The second-order valence-electron chi connectivity index (χ2n) is 5.58. The van der Waals surface area contributed by atoms with Gasteiger partial charge in [-0.15, -0.1) is 0 Å². The molecule has 1 atom stereocenters. The van der Waals surface area contributed by atoms with Crippen LogP contribution in [0.15, 0.2) is 48.5 Å². The fourth-order valence-electron chi connectivity index (χ4n) is 2.90. The number of aryl methyl sites for hydroxylation is 1. The fourth-order valence-corrected chi connectivity index (χ4v) is 2.90. The maximum absolute atomic E-state index is 10.8. The normalized spacial score (nSPS) is 12.5. The van der Waals surface area contributed by atoms with Gasteiger partial charge in [-0.05, 0) is 43.2 Å². The second-order valence-corrected chi connectivity index (χ2v) is 5.58. The lowest BCUT2D eigenvalue weighted by atomic mass is 10.1. The molecule has 2 N–H and O–H groups in total. The second kappa shape index (κ2) is 6.84. The first-order valence-electron chi connectivity index (χ1n) is 8.15. The van der Waals surface area contributed by atoms with Crippen molar-refractivity contribution in [1.82, 2.24) is 4.98 Å². The molecular weight excluding hydrogens is 288 g/mol. The number of ether oxygens (including phenoxy) is 1. The Morgan fingerprint density at radius 2 is 1.83 bits per heavy atom. The standard InChI is InChI=1S/C19H22N2O2/c1-3-13-21-17-8-6-5-7-16(17)20-19(21)18(22)14-9-11-15(12-10-14)23-4-2/h5-12,18,22H,3-4,13H2,1-2H3/p+1. The van der Waals surface area contributed by atoms with Gasteiger partial charge in [0.15, 0.2) is 17.1 Å². The lowest BCUT2D eigenvalue weighted by Crippen LogP contribution is -2.38. The molecule has 0 bridgehead atoms. The summed E-state index contributed by atoms with van der Waals surface area (Å²) in [5, 5.41) is 10.8. The number of benzene rings is 2. The minimum atomic E-state index is -0.690. The molecular formula is C19H23N2O2+. The van der Waals surface area contributed by atoms with Crippen molar-refractivity contribution < 1.29 is 14.4 Å². The number of H-pyrrole nitrogens is 1. The first-order valence-corrected chi connectivity index (χ1v) is 8.15. The van der Waals surface area contributed by atoms with E-state index in [-0.39, 0.29) is 0 Å². The zero-order valence-electron chi connectivity index (χ0n) is 13.6. The van der Waals surface area contributed by atoms with Gasteiger partial charge in [0, 0.05) is 0 Å². The smallest absolute Gasteiger partial charge is 0.289 e. The van der Waals surface area contributed by atoms with Crippen molar-refractivity contribution in [1.29, 1.82) is 0 Å². The van der Waals surface area contributed by atoms with Gasteiger partial charge in [0.05, 0.1) is 13.2 Å². The number of nitrogens with zero attached hydrogens (tertiary/aromatic N) is 1. The molecule has 3 rings (SSSR count). The quantitative estimate of drug-likeness (QED) is 0.686. The number of hydrogen-bond donors (Lipinski definition) is 2. The van der Waals surface area contributed by atoms with Gasteiger partial charge in [-0.1, -0.05) is 31.2 Å². The third kappa shape index (κ3) is 3.08. The summed E-state index contributed by atoms with van der Waals surface area (Å²) in [7, 11) is 0. The molecule has 1 unspecified atom stereocenters. The molecule has 0 aliphatic heterocycles. The highest BCUT2D eigenvalue weighted by Crippen LogP contribution is 2.23. The number of hydrogen-bond acceptors (Lipinski definition) is 2. The van der Waals surface area contributed by atoms with E-state index in [4.69, 9.17) is 4.74 Å². The Morgan fingerprint density at radius 1 is 1.09 bits per heavy atom. The average Bonchev–Trinajstić information content (AvgIpc) is 2.94. The van der Waals surface area contributed by atoms with E-state index in [2.05, 4.69) is 22.5 Å². The van der Waals surface area contributed by atoms with E-state index in [1.165, 1.54) is 0 Å². The van der Waals surface area contributed by atoms with E-state index in [1.54, 1.807) is 0 Å². The summed E-state index contributed by atoms with van der Waals surface area (Å²) < 4.78 is 7.63. The van der Waals surface area contributed by atoms with Crippen molar-refractivity contribution in [2.75, 3.05) is 6.61 Å². The Morgan fingerprint density at radius 3 is 2.52 bits per heavy atom. The number of fused-ring (bicyclic) bond motifs is 1. The first kappa shape index (κ1) is 15.6. The summed E-state index contributed by atoms with van der Waals surface area (Å²) >= 11 is 0. The van der Waals surface area contributed by atoms with Crippen molar-refractivity contribution in [3.8, 4) is 5.75 Å². The van der Waals surface area contributed by atoms with Crippen LogP contribution in [-0.2, 0) is 6.54 Å². The van der Waals surface area contributed by atoms with E-state index < -0.39 is 6.10 Å². The molecule has 0 fully saturated rings. The molecule has 1 aromatic heterocycles. The van der Waals surface area contributed by atoms with Gasteiger partial charge in [0.2, 0.25) is 0 Å². The topological polar surface area (TPSA) is 49.1 Å². The third-order valence-electron chi connectivity index (χ3n) is 3.96. The molecule has 4 heteroatoms. The first-order chi connectivity index (χ1) is 11.2. The average molecular weight is 311 g/mol. The van der Waals surface area contributed by atoms with E-state index in [0.29, 0.717) is 6.61 Å².